The number of nitrogens with one attached hydrogen (secondary N) is 1. The average Bonchev–Trinajstić information content (AvgIpc) is 3.22. The van der Waals surface area contributed by atoms with Crippen molar-refractivity contribution in [1.82, 2.24) is 9.97 Å². The second-order valence-corrected chi connectivity index (χ2v) is 7.61. The molecule has 158 valence electrons. The lowest BCUT2D eigenvalue weighted by molar-refractivity contribution is 0.136. The lowest BCUT2D eigenvalue weighted by Gasteiger charge is -2.21. The van der Waals surface area contributed by atoms with E-state index in [-0.39, 0.29) is 6.04 Å². The molecule has 0 bridgehead atoms. The molecule has 1 atom stereocenters. The van der Waals surface area contributed by atoms with Gasteiger partial charge in [0.15, 0.2) is 0 Å². The summed E-state index contributed by atoms with van der Waals surface area (Å²) in [4.78, 5) is 10.1. The molecule has 1 aliphatic rings. The third kappa shape index (κ3) is 4.72. The molecule has 0 spiro atoms. The molecule has 0 saturated heterocycles. The third-order valence-electron chi connectivity index (χ3n) is 5.74. The molecule has 0 saturated carbocycles. The van der Waals surface area contributed by atoms with E-state index in [0.717, 1.165) is 72.9 Å². The first-order chi connectivity index (χ1) is 14.1. The van der Waals surface area contributed by atoms with Crippen molar-refractivity contribution in [3.8, 4) is 17.0 Å². The largest absolute Gasteiger partial charge is 0.496 e. The number of rotatable bonds is 10. The number of hydrogen-bond donors (Lipinski definition) is 1. The summed E-state index contributed by atoms with van der Waals surface area (Å²) in [7, 11) is 1.75. The van der Waals surface area contributed by atoms with E-state index in [1.54, 1.807) is 7.11 Å². The zero-order valence-electron chi connectivity index (χ0n) is 18.6. The van der Waals surface area contributed by atoms with Crippen LogP contribution in [-0.2, 0) is 30.4 Å². The van der Waals surface area contributed by atoms with Crippen molar-refractivity contribution in [3.63, 3.8) is 0 Å². The van der Waals surface area contributed by atoms with Crippen LogP contribution in [0.1, 0.15) is 63.1 Å². The molecule has 0 fully saturated rings. The zero-order valence-corrected chi connectivity index (χ0v) is 18.6. The topological polar surface area (TPSA) is 56.3 Å². The van der Waals surface area contributed by atoms with E-state index in [9.17, 15) is 0 Å². The van der Waals surface area contributed by atoms with Crippen LogP contribution in [0.5, 0.6) is 5.75 Å². The molecular formula is C24H35N3O2. The molecule has 2 aromatic rings. The van der Waals surface area contributed by atoms with Gasteiger partial charge >= 0.3 is 0 Å². The summed E-state index contributed by atoms with van der Waals surface area (Å²) in [5, 5.41) is 3.58. The Morgan fingerprint density at radius 3 is 2.34 bits per heavy atom. The molecule has 1 aromatic heterocycles. The highest BCUT2D eigenvalue weighted by Crippen LogP contribution is 2.37. The second kappa shape index (κ2) is 10.1. The zero-order chi connectivity index (χ0) is 20.8. The predicted molar refractivity (Wildman–Crippen MR) is 119 cm³/mol. The van der Waals surface area contributed by atoms with Crippen molar-refractivity contribution in [3.05, 3.63) is 34.6 Å². The van der Waals surface area contributed by atoms with E-state index < -0.39 is 0 Å². The first-order valence-corrected chi connectivity index (χ1v) is 11.1. The van der Waals surface area contributed by atoms with Gasteiger partial charge in [-0.15, -0.1) is 0 Å². The number of aromatic nitrogens is 2. The number of fused-ring (bicyclic) bond motifs is 1. The fourth-order valence-corrected chi connectivity index (χ4v) is 4.00. The Bertz CT molecular complexity index is 835. The van der Waals surface area contributed by atoms with Crippen LogP contribution in [0.4, 0.5) is 5.82 Å². The van der Waals surface area contributed by atoms with Crippen LogP contribution in [0.3, 0.4) is 0 Å². The highest BCUT2D eigenvalue weighted by atomic mass is 16.5. The van der Waals surface area contributed by atoms with Crippen molar-refractivity contribution >= 4 is 5.82 Å². The molecule has 1 aliphatic carbocycles. The fraction of sp³-hybridized carbons (Fsp3) is 0.583. The van der Waals surface area contributed by atoms with Crippen LogP contribution in [0.2, 0.25) is 0 Å². The van der Waals surface area contributed by atoms with Gasteiger partial charge in [-0.1, -0.05) is 20.8 Å². The lowest BCUT2D eigenvalue weighted by Crippen LogP contribution is -2.26. The quantitative estimate of drug-likeness (QED) is 0.612. The minimum absolute atomic E-state index is 0.236. The lowest BCUT2D eigenvalue weighted by atomic mass is 10.0. The summed E-state index contributed by atoms with van der Waals surface area (Å²) in [6, 6.07) is 4.71. The van der Waals surface area contributed by atoms with Crippen molar-refractivity contribution in [2.24, 2.45) is 0 Å². The molecule has 1 aromatic carbocycles. The smallest absolute Gasteiger partial charge is 0.148 e. The van der Waals surface area contributed by atoms with Crippen molar-refractivity contribution in [1.29, 1.82) is 0 Å². The normalized spacial score (nSPS) is 14.0. The molecule has 0 radical (unpaired) electrons. The Balaban J connectivity index is 2.03. The first-order valence-electron chi connectivity index (χ1n) is 11.1. The number of anilines is 1. The Kier molecular flexibility index (Phi) is 7.48. The SMILES string of the molecule is CCOC[C@H](CC)Nc1nc(CC)c(-c2cc3c(cc2OC)CCC3)nc1CC. The van der Waals surface area contributed by atoms with Gasteiger partial charge in [-0.2, -0.15) is 0 Å². The Labute approximate surface area is 175 Å². The number of nitrogens with zero attached hydrogens (tertiary/aromatic N) is 2. The van der Waals surface area contributed by atoms with Gasteiger partial charge in [-0.05, 0) is 68.7 Å². The van der Waals surface area contributed by atoms with Gasteiger partial charge in [0.05, 0.1) is 36.8 Å². The van der Waals surface area contributed by atoms with Gasteiger partial charge in [0.2, 0.25) is 0 Å². The minimum Gasteiger partial charge on any atom is -0.496 e. The van der Waals surface area contributed by atoms with Gasteiger partial charge in [0.1, 0.15) is 11.6 Å². The third-order valence-corrected chi connectivity index (χ3v) is 5.74. The summed E-state index contributed by atoms with van der Waals surface area (Å²) in [5.74, 6) is 1.79. The van der Waals surface area contributed by atoms with Gasteiger partial charge in [-0.3, -0.25) is 0 Å². The first kappa shape index (κ1) is 21.6. The summed E-state index contributed by atoms with van der Waals surface area (Å²) >= 11 is 0. The molecule has 1 heterocycles. The van der Waals surface area contributed by atoms with Crippen LogP contribution < -0.4 is 10.1 Å². The maximum absolute atomic E-state index is 5.75. The van der Waals surface area contributed by atoms with Crippen LogP contribution >= 0.6 is 0 Å². The van der Waals surface area contributed by atoms with Gasteiger partial charge < -0.3 is 14.8 Å². The summed E-state index contributed by atoms with van der Waals surface area (Å²) in [5.41, 5.74) is 6.86. The Morgan fingerprint density at radius 2 is 1.72 bits per heavy atom. The van der Waals surface area contributed by atoms with Gasteiger partial charge in [0, 0.05) is 12.2 Å². The maximum Gasteiger partial charge on any atom is 0.148 e. The van der Waals surface area contributed by atoms with Crippen LogP contribution in [0.15, 0.2) is 12.1 Å². The monoisotopic (exact) mass is 397 g/mol. The fourth-order valence-electron chi connectivity index (χ4n) is 4.00. The standard InChI is InChI=1S/C24H35N3O2/c1-6-18(15-29-9-4)25-24-21(8-3)26-23(20(7-2)27-24)19-13-16-11-10-12-17(16)14-22(19)28-5/h13-14,18H,6-12,15H2,1-5H3,(H,25,27)/t18-/m0/s1. The van der Waals surface area contributed by atoms with E-state index in [1.165, 1.54) is 17.5 Å². The number of methoxy groups -OCH3 is 1. The van der Waals surface area contributed by atoms with Crippen molar-refractivity contribution in [2.45, 2.75) is 72.3 Å². The molecule has 3 rings (SSSR count). The summed E-state index contributed by atoms with van der Waals surface area (Å²) < 4.78 is 11.4. The Hall–Kier alpha value is -2.14. The average molecular weight is 398 g/mol. The number of benzene rings is 1. The van der Waals surface area contributed by atoms with Crippen LogP contribution in [-0.4, -0.2) is 36.3 Å². The van der Waals surface area contributed by atoms with Crippen molar-refractivity contribution in [2.75, 3.05) is 25.6 Å². The van der Waals surface area contributed by atoms with E-state index in [2.05, 4.69) is 38.2 Å². The molecular weight excluding hydrogens is 362 g/mol. The predicted octanol–water partition coefficient (Wildman–Crippen LogP) is 4.99. The van der Waals surface area contributed by atoms with E-state index in [0.29, 0.717) is 6.61 Å². The second-order valence-electron chi connectivity index (χ2n) is 7.61. The molecule has 0 unspecified atom stereocenters. The summed E-state index contributed by atoms with van der Waals surface area (Å²) in [6.07, 6.45) is 6.12. The van der Waals surface area contributed by atoms with Crippen LogP contribution in [0, 0.1) is 0 Å². The van der Waals surface area contributed by atoms with E-state index in [1.807, 2.05) is 6.92 Å². The summed E-state index contributed by atoms with van der Waals surface area (Å²) in [6.45, 7) is 9.87. The number of aryl methyl sites for hydroxylation is 4. The molecule has 29 heavy (non-hydrogen) atoms. The molecule has 5 heteroatoms. The van der Waals surface area contributed by atoms with Gasteiger partial charge in [-0.25, -0.2) is 9.97 Å². The highest BCUT2D eigenvalue weighted by molar-refractivity contribution is 5.72. The van der Waals surface area contributed by atoms with Gasteiger partial charge in [0.25, 0.3) is 0 Å². The number of hydrogen-bond acceptors (Lipinski definition) is 5. The maximum atomic E-state index is 5.75. The van der Waals surface area contributed by atoms with Crippen LogP contribution in [0.25, 0.3) is 11.3 Å². The highest BCUT2D eigenvalue weighted by Gasteiger charge is 2.21. The molecule has 1 N–H and O–H groups in total. The molecule has 0 amide bonds. The minimum atomic E-state index is 0.236. The molecule has 5 nitrogen and oxygen atoms in total. The van der Waals surface area contributed by atoms with E-state index >= 15 is 0 Å². The van der Waals surface area contributed by atoms with E-state index in [4.69, 9.17) is 19.4 Å². The van der Waals surface area contributed by atoms with Crippen molar-refractivity contribution < 1.29 is 9.47 Å². The Morgan fingerprint density at radius 1 is 1.00 bits per heavy atom. The molecule has 0 aliphatic heterocycles. The number of ether oxygens (including phenoxy) is 2.